The number of H-pyrrole nitrogens is 1. The van der Waals surface area contributed by atoms with E-state index in [1.54, 1.807) is 25.2 Å². The first kappa shape index (κ1) is 16.0. The summed E-state index contributed by atoms with van der Waals surface area (Å²) in [5.74, 6) is -1.02. The normalized spacial score (nSPS) is 10.8. The molecule has 0 saturated heterocycles. The fraction of sp³-hybridized carbons (Fsp3) is 0.167. The highest BCUT2D eigenvalue weighted by molar-refractivity contribution is 5.98. The number of aromatic nitrogens is 1. The summed E-state index contributed by atoms with van der Waals surface area (Å²) < 4.78 is 32.3. The van der Waals surface area contributed by atoms with Crippen LogP contribution < -0.4 is 4.74 Å². The number of carbonyl (C=O) groups excluding carboxylic acids is 1. The summed E-state index contributed by atoms with van der Waals surface area (Å²) >= 11 is 0. The molecule has 124 valence electrons. The van der Waals surface area contributed by atoms with Gasteiger partial charge in [0.1, 0.15) is 11.5 Å². The van der Waals surface area contributed by atoms with Gasteiger partial charge in [0, 0.05) is 24.5 Å². The molecule has 0 aliphatic rings. The third-order valence-electron chi connectivity index (χ3n) is 3.82. The molecule has 0 fully saturated rings. The molecule has 4 nitrogen and oxygen atoms in total. The van der Waals surface area contributed by atoms with Crippen molar-refractivity contribution in [2.75, 3.05) is 14.2 Å². The minimum absolute atomic E-state index is 0.152. The molecule has 3 rings (SSSR count). The van der Waals surface area contributed by atoms with E-state index in [4.69, 9.17) is 4.74 Å². The summed E-state index contributed by atoms with van der Waals surface area (Å²) in [6, 6.07) is 10.6. The third kappa shape index (κ3) is 2.95. The highest BCUT2D eigenvalue weighted by Crippen LogP contribution is 2.21. The van der Waals surface area contributed by atoms with Gasteiger partial charge in [-0.2, -0.15) is 0 Å². The van der Waals surface area contributed by atoms with Crippen LogP contribution in [0.2, 0.25) is 0 Å². The minimum Gasteiger partial charge on any atom is -0.494 e. The Kier molecular flexibility index (Phi) is 4.20. The number of nitrogens with zero attached hydrogens (tertiary/aromatic N) is 1. The molecule has 0 atom stereocenters. The van der Waals surface area contributed by atoms with Crippen molar-refractivity contribution < 1.29 is 18.3 Å². The van der Waals surface area contributed by atoms with E-state index in [1.807, 2.05) is 0 Å². The molecule has 0 radical (unpaired) electrons. The number of rotatable bonds is 4. The van der Waals surface area contributed by atoms with Crippen LogP contribution in [0, 0.1) is 11.6 Å². The van der Waals surface area contributed by atoms with Gasteiger partial charge < -0.3 is 14.6 Å². The lowest BCUT2D eigenvalue weighted by molar-refractivity contribution is 0.0780. The summed E-state index contributed by atoms with van der Waals surface area (Å²) in [6.07, 6.45) is 0. The van der Waals surface area contributed by atoms with Crippen molar-refractivity contribution >= 4 is 16.8 Å². The minimum atomic E-state index is -0.483. The van der Waals surface area contributed by atoms with Crippen LogP contribution in [0.15, 0.2) is 42.5 Å². The molecule has 1 aromatic heterocycles. The van der Waals surface area contributed by atoms with Gasteiger partial charge in [-0.05, 0) is 35.9 Å². The quantitative estimate of drug-likeness (QED) is 0.792. The Morgan fingerprint density at radius 2 is 1.96 bits per heavy atom. The molecule has 1 heterocycles. The number of benzene rings is 2. The van der Waals surface area contributed by atoms with Crippen molar-refractivity contribution in [2.45, 2.75) is 6.54 Å². The lowest BCUT2D eigenvalue weighted by atomic mass is 10.2. The Morgan fingerprint density at radius 3 is 2.62 bits per heavy atom. The lowest BCUT2D eigenvalue weighted by Gasteiger charge is -2.16. The maximum Gasteiger partial charge on any atom is 0.270 e. The lowest BCUT2D eigenvalue weighted by Crippen LogP contribution is -2.26. The second-order valence-electron chi connectivity index (χ2n) is 5.51. The molecule has 6 heteroatoms. The molecule has 0 bridgehead atoms. The van der Waals surface area contributed by atoms with Gasteiger partial charge in [-0.25, -0.2) is 8.78 Å². The van der Waals surface area contributed by atoms with Crippen LogP contribution in [0.25, 0.3) is 10.9 Å². The molecule has 0 spiro atoms. The van der Waals surface area contributed by atoms with E-state index >= 15 is 0 Å². The molecule has 3 aromatic rings. The van der Waals surface area contributed by atoms with Gasteiger partial charge in [0.15, 0.2) is 11.6 Å². The first-order chi connectivity index (χ1) is 11.5. The van der Waals surface area contributed by atoms with E-state index in [1.165, 1.54) is 36.3 Å². The van der Waals surface area contributed by atoms with Crippen LogP contribution in [0.5, 0.6) is 5.75 Å². The van der Waals surface area contributed by atoms with Crippen LogP contribution in [0.1, 0.15) is 16.1 Å². The van der Waals surface area contributed by atoms with Gasteiger partial charge in [-0.15, -0.1) is 0 Å². The predicted octanol–water partition coefficient (Wildman–Crippen LogP) is 3.73. The summed E-state index contributed by atoms with van der Waals surface area (Å²) in [5.41, 5.74) is 1.47. The number of amides is 1. The van der Waals surface area contributed by atoms with Gasteiger partial charge >= 0.3 is 0 Å². The van der Waals surface area contributed by atoms with Crippen LogP contribution in [0.3, 0.4) is 0 Å². The molecular formula is C18H16F2N2O2. The number of methoxy groups -OCH3 is 1. The van der Waals surface area contributed by atoms with E-state index in [9.17, 15) is 13.6 Å². The molecule has 1 N–H and O–H groups in total. The highest BCUT2D eigenvalue weighted by Gasteiger charge is 2.16. The number of halogens is 2. The van der Waals surface area contributed by atoms with Gasteiger partial charge in [0.2, 0.25) is 0 Å². The smallest absolute Gasteiger partial charge is 0.270 e. The molecule has 0 aliphatic heterocycles. The topological polar surface area (TPSA) is 45.3 Å². The predicted molar refractivity (Wildman–Crippen MR) is 87.0 cm³/mol. The number of carbonyl (C=O) groups is 1. The number of aromatic amines is 1. The average Bonchev–Trinajstić information content (AvgIpc) is 3.00. The van der Waals surface area contributed by atoms with E-state index in [-0.39, 0.29) is 29.7 Å². The highest BCUT2D eigenvalue weighted by atomic mass is 19.1. The van der Waals surface area contributed by atoms with Gasteiger partial charge in [-0.1, -0.05) is 12.1 Å². The zero-order chi connectivity index (χ0) is 17.3. The Hall–Kier alpha value is -2.89. The number of ether oxygens (including phenoxy) is 1. The van der Waals surface area contributed by atoms with Crippen molar-refractivity contribution in [1.29, 1.82) is 0 Å². The van der Waals surface area contributed by atoms with E-state index in [0.29, 0.717) is 16.5 Å². The van der Waals surface area contributed by atoms with Crippen LogP contribution in [-0.2, 0) is 6.54 Å². The van der Waals surface area contributed by atoms with Crippen LogP contribution in [-0.4, -0.2) is 29.9 Å². The molecule has 0 saturated carbocycles. The van der Waals surface area contributed by atoms with Crippen molar-refractivity contribution in [3.05, 3.63) is 65.4 Å². The molecule has 24 heavy (non-hydrogen) atoms. The zero-order valence-corrected chi connectivity index (χ0v) is 13.3. The molecular weight excluding hydrogens is 314 g/mol. The maximum absolute atomic E-state index is 13.7. The summed E-state index contributed by atoms with van der Waals surface area (Å²) in [5, 5.41) is 0.366. The Morgan fingerprint density at radius 1 is 1.17 bits per heavy atom. The maximum atomic E-state index is 13.7. The molecule has 1 amide bonds. The largest absolute Gasteiger partial charge is 0.494 e. The van der Waals surface area contributed by atoms with Gasteiger partial charge in [0.25, 0.3) is 5.91 Å². The van der Waals surface area contributed by atoms with Gasteiger partial charge in [-0.3, -0.25) is 4.79 Å². The summed E-state index contributed by atoms with van der Waals surface area (Å²) in [7, 11) is 3.00. The van der Waals surface area contributed by atoms with Crippen molar-refractivity contribution in [3.8, 4) is 5.75 Å². The molecule has 0 aliphatic carbocycles. The summed E-state index contributed by atoms with van der Waals surface area (Å²) in [4.78, 5) is 16.8. The number of nitrogens with one attached hydrogen (secondary N) is 1. The standard InChI is InChI=1S/C18H16F2N2O2/c1-22(10-11-6-7-17(24-2)14(20)8-11)18(23)16-9-12-13(19)4-3-5-15(12)21-16/h3-9,21H,10H2,1-2H3. The number of hydrogen-bond acceptors (Lipinski definition) is 2. The summed E-state index contributed by atoms with van der Waals surface area (Å²) in [6.45, 7) is 0.220. The number of fused-ring (bicyclic) bond motifs is 1. The second-order valence-corrected chi connectivity index (χ2v) is 5.51. The van der Waals surface area contributed by atoms with E-state index < -0.39 is 5.82 Å². The monoisotopic (exact) mass is 330 g/mol. The molecule has 0 unspecified atom stereocenters. The first-order valence-electron chi connectivity index (χ1n) is 7.34. The van der Waals surface area contributed by atoms with Crippen molar-refractivity contribution in [2.24, 2.45) is 0 Å². The van der Waals surface area contributed by atoms with Crippen molar-refractivity contribution in [3.63, 3.8) is 0 Å². The van der Waals surface area contributed by atoms with E-state index in [0.717, 1.165) is 0 Å². The first-order valence-corrected chi connectivity index (χ1v) is 7.34. The SMILES string of the molecule is COc1ccc(CN(C)C(=O)c2cc3c(F)cccc3[nH]2)cc1F. The Balaban J connectivity index is 1.81. The van der Waals surface area contributed by atoms with E-state index in [2.05, 4.69) is 4.98 Å². The fourth-order valence-electron chi connectivity index (χ4n) is 2.59. The van der Waals surface area contributed by atoms with Crippen LogP contribution in [0.4, 0.5) is 8.78 Å². The second kappa shape index (κ2) is 6.31. The Bertz CT molecular complexity index is 905. The van der Waals surface area contributed by atoms with Gasteiger partial charge in [0.05, 0.1) is 7.11 Å². The molecule has 2 aromatic carbocycles. The third-order valence-corrected chi connectivity index (χ3v) is 3.82. The number of hydrogen-bond donors (Lipinski definition) is 1. The average molecular weight is 330 g/mol. The van der Waals surface area contributed by atoms with Crippen molar-refractivity contribution in [1.82, 2.24) is 9.88 Å². The van der Waals surface area contributed by atoms with Crippen LogP contribution >= 0.6 is 0 Å². The zero-order valence-electron chi connectivity index (χ0n) is 13.3. The Labute approximate surface area is 137 Å². The fourth-order valence-corrected chi connectivity index (χ4v) is 2.59.